The lowest BCUT2D eigenvalue weighted by molar-refractivity contribution is 0.154. The molecule has 0 aromatic heterocycles. The van der Waals surface area contributed by atoms with Gasteiger partial charge >= 0.3 is 0 Å². The molecular formula is C6H17BO3P-. The molecule has 0 N–H and O–H groups in total. The van der Waals surface area contributed by atoms with Gasteiger partial charge in [-0.3, -0.25) is 0 Å². The van der Waals surface area contributed by atoms with E-state index in [9.17, 15) is 4.57 Å². The summed E-state index contributed by atoms with van der Waals surface area (Å²) in [5, 5.41) is 0. The second-order valence-corrected chi connectivity index (χ2v) is 3.40. The summed E-state index contributed by atoms with van der Waals surface area (Å²) in [4.78, 5) is 0. The lowest BCUT2D eigenvalue weighted by Crippen LogP contribution is -2.07. The van der Waals surface area contributed by atoms with Crippen LogP contribution in [0.5, 0.6) is 0 Å². The fourth-order valence-electron chi connectivity index (χ4n) is 0.369. The Hall–Kier alpha value is 0.215. The van der Waals surface area contributed by atoms with Crippen LogP contribution in [0.15, 0.2) is 0 Å². The van der Waals surface area contributed by atoms with Crippen molar-refractivity contribution in [1.82, 2.24) is 0 Å². The van der Waals surface area contributed by atoms with Gasteiger partial charge < -0.3 is 13.6 Å². The molecule has 0 aliphatic rings. The van der Waals surface area contributed by atoms with Gasteiger partial charge in [0, 0.05) is 0 Å². The first-order valence-electron chi connectivity index (χ1n) is 3.33. The molecule has 3 nitrogen and oxygen atoms in total. The van der Waals surface area contributed by atoms with Crippen molar-refractivity contribution in [3.05, 3.63) is 0 Å². The lowest BCUT2D eigenvalue weighted by Gasteiger charge is -2.24. The average molecular weight is 179 g/mol. The molecule has 0 saturated carbocycles. The standard InChI is InChI=1S/C6H17BO3P/c1-5(2)9-11(7,8)10-6(3)4/h5-6H,1-4,7H3/q-1. The quantitative estimate of drug-likeness (QED) is 0.482. The molecule has 0 aliphatic carbocycles. The Kier molecular flexibility index (Phi) is 4.38. The molecular weight excluding hydrogens is 162 g/mol. The van der Waals surface area contributed by atoms with E-state index in [1.165, 1.54) is 0 Å². The van der Waals surface area contributed by atoms with Crippen molar-refractivity contribution in [3.63, 3.8) is 0 Å². The van der Waals surface area contributed by atoms with E-state index in [1.54, 1.807) is 0 Å². The summed E-state index contributed by atoms with van der Waals surface area (Å²) in [6, 6.07) is 0. The van der Waals surface area contributed by atoms with E-state index in [1.807, 2.05) is 27.7 Å². The summed E-state index contributed by atoms with van der Waals surface area (Å²) in [5.74, 6) is 0. The molecule has 0 aliphatic heterocycles. The van der Waals surface area contributed by atoms with Crippen LogP contribution in [0.4, 0.5) is 0 Å². The van der Waals surface area contributed by atoms with Crippen molar-refractivity contribution in [3.8, 4) is 0 Å². The van der Waals surface area contributed by atoms with Crippen molar-refractivity contribution < 1.29 is 13.6 Å². The highest BCUT2D eigenvalue weighted by Gasteiger charge is 2.12. The summed E-state index contributed by atoms with van der Waals surface area (Å²) in [6.07, 6.45) is 0.0224. The van der Waals surface area contributed by atoms with E-state index >= 15 is 0 Å². The highest BCUT2D eigenvalue weighted by atomic mass is 31.2. The van der Waals surface area contributed by atoms with E-state index < -0.39 is 7.47 Å². The molecule has 0 bridgehead atoms. The third kappa shape index (κ3) is 6.61. The predicted molar refractivity (Wildman–Crippen MR) is 50.0 cm³/mol. The largest absolute Gasteiger partial charge is 0.335 e. The predicted octanol–water partition coefficient (Wildman–Crippen LogP) is 1.31. The Bertz CT molecular complexity index is 144. The lowest BCUT2D eigenvalue weighted by atomic mass is 10.5. The molecule has 0 amide bonds. The molecule has 0 unspecified atom stereocenters. The smallest absolute Gasteiger partial charge is 0.147 e. The minimum atomic E-state index is -2.55. The zero-order valence-corrected chi connectivity index (χ0v) is 7.72. The molecule has 11 heavy (non-hydrogen) atoms. The fraction of sp³-hybridized carbons (Fsp3) is 1.00. The average Bonchev–Trinajstić information content (AvgIpc) is 1.53. The van der Waals surface area contributed by atoms with E-state index in [-0.39, 0.29) is 19.8 Å². The van der Waals surface area contributed by atoms with Gasteiger partial charge in [0.15, 0.2) is 0 Å². The topological polar surface area (TPSA) is 35.5 Å². The first-order chi connectivity index (χ1) is 4.83. The van der Waals surface area contributed by atoms with Gasteiger partial charge in [-0.2, -0.15) is 0 Å². The van der Waals surface area contributed by atoms with Gasteiger partial charge in [-0.05, 0) is 27.7 Å². The summed E-state index contributed by atoms with van der Waals surface area (Å²) >= 11 is 0. The maximum atomic E-state index is 11.5. The minimum Gasteiger partial charge on any atom is -0.335 e. The molecule has 0 radical (unpaired) electrons. The second kappa shape index (κ2) is 4.29. The molecule has 0 heterocycles. The maximum Gasteiger partial charge on any atom is 0.147 e. The SMILES string of the molecule is [BH3-]P(=O)(OC(C)C)OC(C)C. The maximum absolute atomic E-state index is 11.5. The Morgan fingerprint density at radius 1 is 1.09 bits per heavy atom. The highest BCUT2D eigenvalue weighted by Crippen LogP contribution is 2.44. The van der Waals surface area contributed by atoms with Crippen molar-refractivity contribution in [2.24, 2.45) is 0 Å². The molecule has 0 aromatic carbocycles. The molecule has 68 valence electrons. The van der Waals surface area contributed by atoms with Crippen molar-refractivity contribution in [2.45, 2.75) is 39.9 Å². The molecule has 5 heteroatoms. The highest BCUT2D eigenvalue weighted by molar-refractivity contribution is 7.79. The molecule has 0 rings (SSSR count). The summed E-state index contributed by atoms with van der Waals surface area (Å²) in [7, 11) is -2.93. The fourth-order valence-corrected chi connectivity index (χ4v) is 1.11. The van der Waals surface area contributed by atoms with E-state index in [2.05, 4.69) is 0 Å². The second-order valence-electron chi connectivity index (χ2n) is 2.53. The van der Waals surface area contributed by atoms with Crippen LogP contribution in [0.1, 0.15) is 27.7 Å². The van der Waals surface area contributed by atoms with Crippen LogP contribution < -0.4 is 0 Å². The normalized spacial score (nSPS) is 13.0. The van der Waals surface area contributed by atoms with Crippen LogP contribution in [0.3, 0.4) is 0 Å². The summed E-state index contributed by atoms with van der Waals surface area (Å²) in [5.41, 5.74) is 0. The number of hydrogen-bond donors (Lipinski definition) is 0. The number of hydrogen-bond acceptors (Lipinski definition) is 3. The number of rotatable bonds is 4. The molecule has 0 atom stereocenters. The van der Waals surface area contributed by atoms with Gasteiger partial charge in [0.25, 0.3) is 0 Å². The zero-order chi connectivity index (χ0) is 9.07. The van der Waals surface area contributed by atoms with Gasteiger partial charge in [0.1, 0.15) is 7.47 Å². The van der Waals surface area contributed by atoms with Gasteiger partial charge in [-0.1, -0.05) is 0 Å². The first kappa shape index (κ1) is 11.2. The first-order valence-corrected chi connectivity index (χ1v) is 4.42. The van der Waals surface area contributed by atoms with Crippen LogP contribution in [0.25, 0.3) is 0 Å². The van der Waals surface area contributed by atoms with Crippen molar-refractivity contribution >= 4 is 15.0 Å². The van der Waals surface area contributed by atoms with Crippen LogP contribution in [-0.2, 0) is 13.6 Å². The monoisotopic (exact) mass is 179 g/mol. The Labute approximate surface area is 69.4 Å². The third-order valence-electron chi connectivity index (χ3n) is 0.594. The third-order valence-corrected chi connectivity index (χ3v) is 1.78. The summed E-state index contributed by atoms with van der Waals surface area (Å²) in [6.45, 7) is 7.49. The Balaban J connectivity index is 3.91. The van der Waals surface area contributed by atoms with Gasteiger partial charge in [0.05, 0.1) is 19.8 Å². The van der Waals surface area contributed by atoms with Gasteiger partial charge in [-0.25, -0.2) is 0 Å². The Morgan fingerprint density at radius 3 is 1.55 bits per heavy atom. The van der Waals surface area contributed by atoms with E-state index in [0.717, 1.165) is 0 Å². The van der Waals surface area contributed by atoms with E-state index in [4.69, 9.17) is 9.05 Å². The molecule has 0 spiro atoms. The van der Waals surface area contributed by atoms with Crippen LogP contribution in [0.2, 0.25) is 0 Å². The minimum absolute atomic E-state index is 0.0112. The van der Waals surface area contributed by atoms with E-state index in [0.29, 0.717) is 0 Å². The molecule has 0 saturated heterocycles. The van der Waals surface area contributed by atoms with Crippen molar-refractivity contribution in [2.75, 3.05) is 0 Å². The molecule has 0 aromatic rings. The zero-order valence-electron chi connectivity index (χ0n) is 6.83. The summed E-state index contributed by atoms with van der Waals surface area (Å²) < 4.78 is 21.9. The van der Waals surface area contributed by atoms with Crippen LogP contribution >= 0.6 is 7.47 Å². The Morgan fingerprint density at radius 2 is 1.36 bits per heavy atom. The van der Waals surface area contributed by atoms with Crippen LogP contribution in [-0.4, -0.2) is 19.8 Å². The van der Waals surface area contributed by atoms with Gasteiger partial charge in [-0.15, -0.1) is 0 Å². The van der Waals surface area contributed by atoms with Crippen LogP contribution in [0, 0.1) is 0 Å². The van der Waals surface area contributed by atoms with Gasteiger partial charge in [0.2, 0.25) is 0 Å². The van der Waals surface area contributed by atoms with Crippen molar-refractivity contribution in [1.29, 1.82) is 0 Å². The molecule has 0 fully saturated rings.